The van der Waals surface area contributed by atoms with E-state index in [1.54, 1.807) is 0 Å². The second kappa shape index (κ2) is 8.45. The van der Waals surface area contributed by atoms with Crippen LogP contribution in [-0.4, -0.2) is 11.9 Å². The van der Waals surface area contributed by atoms with Gasteiger partial charge in [-0.1, -0.05) is 78.9 Å². The lowest BCUT2D eigenvalue weighted by molar-refractivity contribution is -0.117. The molecule has 0 bridgehead atoms. The molecule has 0 saturated heterocycles. The van der Waals surface area contributed by atoms with Crippen LogP contribution < -0.4 is 10.6 Å². The fraction of sp³-hybridized carbons (Fsp3) is 0.174. The fourth-order valence-electron chi connectivity index (χ4n) is 2.99. The maximum atomic E-state index is 12.7. The van der Waals surface area contributed by atoms with Crippen LogP contribution in [0.4, 0.5) is 5.69 Å². The van der Waals surface area contributed by atoms with Gasteiger partial charge in [0, 0.05) is 17.3 Å². The zero-order valence-electron chi connectivity index (χ0n) is 15.1. The Hall–Kier alpha value is -2.91. The third-order valence-corrected chi connectivity index (χ3v) is 4.46. The first-order chi connectivity index (χ1) is 12.6. The molecule has 3 rings (SSSR count). The van der Waals surface area contributed by atoms with E-state index in [9.17, 15) is 4.79 Å². The van der Waals surface area contributed by atoms with Crippen molar-refractivity contribution in [2.24, 2.45) is 0 Å². The molecule has 1 amide bonds. The minimum absolute atomic E-state index is 0.0452. The molecule has 3 aromatic rings. The number of rotatable bonds is 6. The van der Waals surface area contributed by atoms with Crippen molar-refractivity contribution in [1.29, 1.82) is 0 Å². The highest BCUT2D eigenvalue weighted by Gasteiger charge is 2.17. The zero-order valence-corrected chi connectivity index (χ0v) is 15.1. The first-order valence-electron chi connectivity index (χ1n) is 8.91. The van der Waals surface area contributed by atoms with Gasteiger partial charge in [-0.3, -0.25) is 10.1 Å². The molecule has 3 heteroatoms. The van der Waals surface area contributed by atoms with E-state index in [-0.39, 0.29) is 18.0 Å². The Labute approximate surface area is 155 Å². The average molecular weight is 344 g/mol. The van der Waals surface area contributed by atoms with Gasteiger partial charge >= 0.3 is 0 Å². The van der Waals surface area contributed by atoms with Crippen molar-refractivity contribution in [2.45, 2.75) is 25.9 Å². The maximum absolute atomic E-state index is 12.7. The summed E-state index contributed by atoms with van der Waals surface area (Å²) < 4.78 is 0. The molecule has 0 aliphatic carbocycles. The van der Waals surface area contributed by atoms with Crippen LogP contribution in [0.5, 0.6) is 0 Å². The number of carbonyl (C=O) groups excluding carboxylic acids is 1. The van der Waals surface area contributed by atoms with E-state index in [2.05, 4.69) is 29.7 Å². The quantitative estimate of drug-likeness (QED) is 0.658. The molecule has 0 aromatic heterocycles. The number of carbonyl (C=O) groups is 1. The van der Waals surface area contributed by atoms with Crippen LogP contribution in [0.1, 0.15) is 25.5 Å². The van der Waals surface area contributed by atoms with Gasteiger partial charge in [-0.15, -0.1) is 0 Å². The third kappa shape index (κ3) is 4.38. The number of para-hydroxylation sites is 1. The number of amides is 1. The molecule has 2 N–H and O–H groups in total. The first-order valence-corrected chi connectivity index (χ1v) is 8.91. The lowest BCUT2D eigenvalue weighted by atomic mass is 10.0. The lowest BCUT2D eigenvalue weighted by Gasteiger charge is -2.21. The molecule has 2 atom stereocenters. The fourth-order valence-corrected chi connectivity index (χ4v) is 2.99. The number of hydrogen-bond donors (Lipinski definition) is 2. The standard InChI is InChI=1S/C23H24N2O/c1-17(19-11-5-3-6-12-19)24-18(2)23(26)25-22-16-10-9-15-21(22)20-13-7-4-8-14-20/h3-18,24H,1-2H3,(H,25,26)/t17-,18+/m1/s1. The van der Waals surface area contributed by atoms with Crippen LogP contribution >= 0.6 is 0 Å². The highest BCUT2D eigenvalue weighted by molar-refractivity contribution is 5.98. The minimum atomic E-state index is -0.311. The first kappa shape index (κ1) is 17.9. The molecule has 132 valence electrons. The highest BCUT2D eigenvalue weighted by Crippen LogP contribution is 2.27. The molecule has 0 unspecified atom stereocenters. The van der Waals surface area contributed by atoms with Crippen molar-refractivity contribution in [3.8, 4) is 11.1 Å². The van der Waals surface area contributed by atoms with E-state index in [0.29, 0.717) is 0 Å². The predicted molar refractivity (Wildman–Crippen MR) is 108 cm³/mol. The van der Waals surface area contributed by atoms with Crippen LogP contribution in [0.2, 0.25) is 0 Å². The van der Waals surface area contributed by atoms with Crippen molar-refractivity contribution < 1.29 is 4.79 Å². The van der Waals surface area contributed by atoms with Crippen molar-refractivity contribution in [2.75, 3.05) is 5.32 Å². The predicted octanol–water partition coefficient (Wildman–Crippen LogP) is 5.03. The molecule has 0 fully saturated rings. The minimum Gasteiger partial charge on any atom is -0.324 e. The Kier molecular flexibility index (Phi) is 5.82. The normalized spacial score (nSPS) is 13.0. The van der Waals surface area contributed by atoms with Crippen molar-refractivity contribution in [1.82, 2.24) is 5.32 Å². The van der Waals surface area contributed by atoms with Crippen molar-refractivity contribution >= 4 is 11.6 Å². The summed E-state index contributed by atoms with van der Waals surface area (Å²) in [5, 5.41) is 6.43. The van der Waals surface area contributed by atoms with Crippen molar-refractivity contribution in [3.05, 3.63) is 90.5 Å². The summed E-state index contributed by atoms with van der Waals surface area (Å²) in [6.45, 7) is 3.96. The molecule has 0 heterocycles. The van der Waals surface area contributed by atoms with Gasteiger partial charge in [-0.25, -0.2) is 0 Å². The van der Waals surface area contributed by atoms with Gasteiger partial charge in [0.1, 0.15) is 0 Å². The summed E-state index contributed by atoms with van der Waals surface area (Å²) in [7, 11) is 0. The van der Waals surface area contributed by atoms with Crippen molar-refractivity contribution in [3.63, 3.8) is 0 Å². The smallest absolute Gasteiger partial charge is 0.241 e. The van der Waals surface area contributed by atoms with Gasteiger partial charge in [-0.2, -0.15) is 0 Å². The second-order valence-corrected chi connectivity index (χ2v) is 6.42. The molecule has 0 radical (unpaired) electrons. The van der Waals surface area contributed by atoms with E-state index in [0.717, 1.165) is 22.4 Å². The largest absolute Gasteiger partial charge is 0.324 e. The van der Waals surface area contributed by atoms with Gasteiger partial charge in [0.2, 0.25) is 5.91 Å². The van der Waals surface area contributed by atoms with Crippen LogP contribution in [0.3, 0.4) is 0 Å². The van der Waals surface area contributed by atoms with Gasteiger partial charge in [0.25, 0.3) is 0 Å². The second-order valence-electron chi connectivity index (χ2n) is 6.42. The highest BCUT2D eigenvalue weighted by atomic mass is 16.2. The summed E-state index contributed by atoms with van der Waals surface area (Å²) >= 11 is 0. The Morgan fingerprint density at radius 1 is 0.769 bits per heavy atom. The molecule has 0 saturated carbocycles. The summed E-state index contributed by atoms with van der Waals surface area (Å²) in [6, 6.07) is 27.9. The third-order valence-electron chi connectivity index (χ3n) is 4.46. The van der Waals surface area contributed by atoms with E-state index < -0.39 is 0 Å². The van der Waals surface area contributed by atoms with Crippen LogP contribution in [0.15, 0.2) is 84.9 Å². The van der Waals surface area contributed by atoms with E-state index in [1.807, 2.05) is 79.7 Å². The van der Waals surface area contributed by atoms with Gasteiger partial charge < -0.3 is 5.32 Å². The average Bonchev–Trinajstić information content (AvgIpc) is 2.69. The lowest BCUT2D eigenvalue weighted by Crippen LogP contribution is -2.39. The molecule has 26 heavy (non-hydrogen) atoms. The molecule has 0 aliphatic heterocycles. The van der Waals surface area contributed by atoms with Crippen LogP contribution in [0, 0.1) is 0 Å². The zero-order chi connectivity index (χ0) is 18.4. The summed E-state index contributed by atoms with van der Waals surface area (Å²) in [5.74, 6) is -0.0452. The number of benzene rings is 3. The molecular weight excluding hydrogens is 320 g/mol. The summed E-state index contributed by atoms with van der Waals surface area (Å²) in [6.07, 6.45) is 0. The topological polar surface area (TPSA) is 41.1 Å². The van der Waals surface area contributed by atoms with E-state index in [1.165, 1.54) is 0 Å². The molecular formula is C23H24N2O. The molecule has 0 aliphatic rings. The van der Waals surface area contributed by atoms with Crippen LogP contribution in [-0.2, 0) is 4.79 Å². The SMILES string of the molecule is C[C@H](N[C@H](C)c1ccccc1)C(=O)Nc1ccccc1-c1ccccc1. The van der Waals surface area contributed by atoms with E-state index >= 15 is 0 Å². The Balaban J connectivity index is 1.70. The molecule has 0 spiro atoms. The van der Waals surface area contributed by atoms with Gasteiger partial charge in [-0.05, 0) is 31.0 Å². The van der Waals surface area contributed by atoms with Crippen LogP contribution in [0.25, 0.3) is 11.1 Å². The Bertz CT molecular complexity index is 846. The monoisotopic (exact) mass is 344 g/mol. The Morgan fingerprint density at radius 3 is 2.04 bits per heavy atom. The summed E-state index contributed by atoms with van der Waals surface area (Å²) in [4.78, 5) is 12.7. The van der Waals surface area contributed by atoms with Gasteiger partial charge in [0.15, 0.2) is 0 Å². The molecule has 3 nitrogen and oxygen atoms in total. The summed E-state index contributed by atoms with van der Waals surface area (Å²) in [5.41, 5.74) is 4.09. The number of hydrogen-bond acceptors (Lipinski definition) is 2. The Morgan fingerprint density at radius 2 is 1.35 bits per heavy atom. The molecule has 3 aromatic carbocycles. The van der Waals surface area contributed by atoms with E-state index in [4.69, 9.17) is 0 Å². The number of nitrogens with one attached hydrogen (secondary N) is 2. The number of anilines is 1. The van der Waals surface area contributed by atoms with Gasteiger partial charge in [0.05, 0.1) is 6.04 Å². The maximum Gasteiger partial charge on any atom is 0.241 e.